The molecule has 2 atom stereocenters. The number of rotatable bonds is 10. The molecule has 3 aromatic rings. The molecule has 0 radical (unpaired) electrons. The highest BCUT2D eigenvalue weighted by molar-refractivity contribution is 5.92. The fourth-order valence-corrected chi connectivity index (χ4v) is 5.67. The lowest BCUT2D eigenvalue weighted by atomic mass is 10.1. The van der Waals surface area contributed by atoms with E-state index in [1.54, 1.807) is 46.9 Å². The van der Waals surface area contributed by atoms with Crippen molar-refractivity contribution in [3.8, 4) is 5.75 Å². The van der Waals surface area contributed by atoms with Crippen molar-refractivity contribution in [1.29, 1.82) is 0 Å². The van der Waals surface area contributed by atoms with Crippen LogP contribution in [0.25, 0.3) is 0 Å². The summed E-state index contributed by atoms with van der Waals surface area (Å²) < 4.78 is 44.0. The van der Waals surface area contributed by atoms with Crippen LogP contribution in [-0.4, -0.2) is 80.6 Å². The van der Waals surface area contributed by atoms with Crippen LogP contribution in [0.3, 0.4) is 0 Å². The number of likely N-dealkylation sites (N-methyl/N-ethyl adjacent to an activating group) is 1. The summed E-state index contributed by atoms with van der Waals surface area (Å²) in [7, 11) is 3.55. The predicted molar refractivity (Wildman–Crippen MR) is 143 cm³/mol. The first-order chi connectivity index (χ1) is 19.5. The Morgan fingerprint density at radius 3 is 2.51 bits per heavy atom. The van der Waals surface area contributed by atoms with Gasteiger partial charge in [-0.3, -0.25) is 19.5 Å². The normalized spacial score (nSPS) is 20.0. The maximum Gasteiger partial charge on any atom is 0.573 e. The number of hydrogen-bond acceptors (Lipinski definition) is 6. The number of benzene rings is 1. The summed E-state index contributed by atoms with van der Waals surface area (Å²) in [6, 6.07) is 9.54. The van der Waals surface area contributed by atoms with E-state index in [1.165, 1.54) is 24.5 Å². The monoisotopic (exact) mass is 570 g/mol. The van der Waals surface area contributed by atoms with Gasteiger partial charge in [-0.2, -0.15) is 0 Å². The predicted octanol–water partition coefficient (Wildman–Crippen LogP) is 3.50. The minimum absolute atomic E-state index is 0.0285. The molecule has 1 aliphatic heterocycles. The van der Waals surface area contributed by atoms with Crippen molar-refractivity contribution in [1.82, 2.24) is 29.2 Å². The number of halogens is 3. The lowest BCUT2D eigenvalue weighted by Gasteiger charge is -2.26. The number of alkyl halides is 3. The van der Waals surface area contributed by atoms with Crippen LogP contribution in [0.1, 0.15) is 27.3 Å². The van der Waals surface area contributed by atoms with Crippen LogP contribution in [0, 0.1) is 24.7 Å². The van der Waals surface area contributed by atoms with Gasteiger partial charge in [-0.15, -0.1) is 13.2 Å². The van der Waals surface area contributed by atoms with Gasteiger partial charge in [0.1, 0.15) is 11.4 Å². The molecule has 41 heavy (non-hydrogen) atoms. The highest BCUT2D eigenvalue weighted by atomic mass is 19.4. The van der Waals surface area contributed by atoms with Gasteiger partial charge in [-0.05, 0) is 54.0 Å². The van der Waals surface area contributed by atoms with Crippen LogP contribution in [0.15, 0.2) is 55.1 Å². The minimum Gasteiger partial charge on any atom is -0.406 e. The molecule has 9 nitrogen and oxygen atoms in total. The molecule has 218 valence electrons. The molecule has 1 saturated carbocycles. The Balaban J connectivity index is 1.19. The molecule has 0 N–H and O–H groups in total. The molecule has 12 heteroatoms. The zero-order valence-electron chi connectivity index (χ0n) is 23.2. The number of likely N-dealkylation sites (tertiary alicyclic amines) is 1. The van der Waals surface area contributed by atoms with Gasteiger partial charge in [0.2, 0.25) is 5.91 Å². The second-order valence-electron chi connectivity index (χ2n) is 11.0. The molecule has 1 aromatic carbocycles. The zero-order valence-corrected chi connectivity index (χ0v) is 23.2. The fraction of sp³-hybridized carbons (Fsp3) is 0.448. The first-order valence-electron chi connectivity index (χ1n) is 13.5. The van der Waals surface area contributed by atoms with Gasteiger partial charge in [0.15, 0.2) is 0 Å². The Hall–Kier alpha value is -3.93. The van der Waals surface area contributed by atoms with Crippen molar-refractivity contribution < 1.29 is 27.5 Å². The number of fused-ring (bicyclic) bond motifs is 1. The third-order valence-corrected chi connectivity index (χ3v) is 7.88. The Labute approximate surface area is 236 Å². The van der Waals surface area contributed by atoms with Crippen molar-refractivity contribution in [3.63, 3.8) is 0 Å². The zero-order chi connectivity index (χ0) is 29.3. The topological polar surface area (TPSA) is 83.8 Å². The van der Waals surface area contributed by atoms with E-state index in [9.17, 15) is 22.8 Å². The first-order valence-corrected chi connectivity index (χ1v) is 13.5. The van der Waals surface area contributed by atoms with Crippen LogP contribution in [0.5, 0.6) is 5.75 Å². The van der Waals surface area contributed by atoms with Crippen molar-refractivity contribution in [2.45, 2.75) is 26.4 Å². The Morgan fingerprint density at radius 2 is 1.85 bits per heavy atom. The van der Waals surface area contributed by atoms with Gasteiger partial charge in [-0.25, -0.2) is 4.98 Å². The second-order valence-corrected chi connectivity index (χ2v) is 11.0. The molecule has 2 unspecified atom stereocenters. The van der Waals surface area contributed by atoms with Crippen LogP contribution < -0.4 is 4.74 Å². The quantitative estimate of drug-likeness (QED) is 0.371. The van der Waals surface area contributed by atoms with E-state index in [4.69, 9.17) is 0 Å². The van der Waals surface area contributed by atoms with E-state index in [-0.39, 0.29) is 35.7 Å². The highest BCUT2D eigenvalue weighted by Gasteiger charge is 2.56. The fourth-order valence-electron chi connectivity index (χ4n) is 5.67. The molecule has 5 rings (SSSR count). The minimum atomic E-state index is -4.80. The lowest BCUT2D eigenvalue weighted by molar-refractivity contribution is -0.274. The number of hydrogen-bond donors (Lipinski definition) is 0. The van der Waals surface area contributed by atoms with Crippen molar-refractivity contribution in [2.75, 3.05) is 33.2 Å². The van der Waals surface area contributed by atoms with Gasteiger partial charge in [0, 0.05) is 52.7 Å². The third-order valence-electron chi connectivity index (χ3n) is 7.88. The molecule has 1 aliphatic carbocycles. The third kappa shape index (κ3) is 7.05. The van der Waals surface area contributed by atoms with E-state index in [2.05, 4.69) is 19.6 Å². The van der Waals surface area contributed by atoms with Gasteiger partial charge in [-0.1, -0.05) is 18.2 Å². The number of nitrogens with zero attached hydrogens (tertiary/aromatic N) is 6. The van der Waals surface area contributed by atoms with Crippen LogP contribution in [0.2, 0.25) is 0 Å². The van der Waals surface area contributed by atoms with E-state index in [1.807, 2.05) is 19.1 Å². The molecule has 0 bridgehead atoms. The van der Waals surface area contributed by atoms with Gasteiger partial charge >= 0.3 is 6.36 Å². The van der Waals surface area contributed by atoms with Crippen LogP contribution in [0.4, 0.5) is 13.2 Å². The summed E-state index contributed by atoms with van der Waals surface area (Å²) in [6.45, 7) is 4.86. The Morgan fingerprint density at radius 1 is 1.10 bits per heavy atom. The summed E-state index contributed by atoms with van der Waals surface area (Å²) in [5.74, 6) is 0.372. The second kappa shape index (κ2) is 11.5. The molecule has 1 saturated heterocycles. The maximum atomic E-state index is 13.4. The SMILES string of the molecule is Cc1cccnc1CN(C)C(=O)CN1CC2C(C1)C2CN(Cc1cccc(OC(F)(F)F)c1)C(=O)c1cn(C)cn1. The number of ether oxygens (including phenoxy) is 1. The average Bonchev–Trinajstić information content (AvgIpc) is 3.21. The summed E-state index contributed by atoms with van der Waals surface area (Å²) in [6.07, 6.45) is 0.0926. The number of carbonyl (C=O) groups is 2. The summed E-state index contributed by atoms with van der Waals surface area (Å²) >= 11 is 0. The molecule has 2 aromatic heterocycles. The number of aromatic nitrogens is 3. The first kappa shape index (κ1) is 28.6. The van der Waals surface area contributed by atoms with Gasteiger partial charge < -0.3 is 19.1 Å². The molecule has 2 aliphatic rings. The largest absolute Gasteiger partial charge is 0.573 e. The number of piperidine rings is 1. The summed E-state index contributed by atoms with van der Waals surface area (Å²) in [5.41, 5.74) is 2.72. The average molecular weight is 571 g/mol. The molecule has 2 fully saturated rings. The van der Waals surface area contributed by atoms with Crippen molar-refractivity contribution >= 4 is 11.8 Å². The summed E-state index contributed by atoms with van der Waals surface area (Å²) in [5, 5.41) is 0. The van der Waals surface area contributed by atoms with E-state index < -0.39 is 6.36 Å². The molecule has 3 heterocycles. The number of amides is 2. The van der Waals surface area contributed by atoms with Gasteiger partial charge in [0.25, 0.3) is 5.91 Å². The Kier molecular flexibility index (Phi) is 8.03. The van der Waals surface area contributed by atoms with Crippen LogP contribution in [-0.2, 0) is 24.9 Å². The number of imidazole rings is 1. The number of aryl methyl sites for hydroxylation is 2. The van der Waals surface area contributed by atoms with Crippen LogP contribution >= 0.6 is 0 Å². The highest BCUT2D eigenvalue weighted by Crippen LogP contribution is 2.52. The standard InChI is InChI=1S/C29H33F3N6O3/c1-19-6-5-9-33-25(19)16-36(3)27(39)17-37-12-22-23(13-37)24(22)14-38(28(40)26-15-35(2)18-34-26)11-20-7-4-8-21(10-20)41-29(30,31)32/h4-10,15,18,22-24H,11-14,16-17H2,1-3H3. The molecular formula is C29H33F3N6O3. The van der Waals surface area contributed by atoms with E-state index in [0.717, 1.165) is 24.3 Å². The van der Waals surface area contributed by atoms with Gasteiger partial charge in [0.05, 0.1) is 25.1 Å². The smallest absolute Gasteiger partial charge is 0.406 e. The lowest BCUT2D eigenvalue weighted by Crippen LogP contribution is -2.39. The van der Waals surface area contributed by atoms with E-state index in [0.29, 0.717) is 37.0 Å². The number of pyridine rings is 1. The van der Waals surface area contributed by atoms with Crippen molar-refractivity contribution in [2.24, 2.45) is 24.8 Å². The Bertz CT molecular complexity index is 1400. The maximum absolute atomic E-state index is 13.4. The molecular weight excluding hydrogens is 537 g/mol. The van der Waals surface area contributed by atoms with Crippen molar-refractivity contribution in [3.05, 3.63) is 77.6 Å². The molecule has 0 spiro atoms. The summed E-state index contributed by atoms with van der Waals surface area (Å²) in [4.78, 5) is 40.3. The molecule has 2 amide bonds. The number of carbonyl (C=O) groups excluding carboxylic acids is 2. The van der Waals surface area contributed by atoms with E-state index >= 15 is 0 Å².